The van der Waals surface area contributed by atoms with E-state index in [0.717, 1.165) is 75.2 Å². The summed E-state index contributed by atoms with van der Waals surface area (Å²) in [5.41, 5.74) is 2.76. The molecule has 15 nitrogen and oxygen atoms in total. The minimum Gasteiger partial charge on any atom is -0.487 e. The molecule has 254 valence electrons. The summed E-state index contributed by atoms with van der Waals surface area (Å²) in [6, 6.07) is 8.53. The van der Waals surface area contributed by atoms with E-state index in [1.54, 1.807) is 23.1 Å². The van der Waals surface area contributed by atoms with E-state index < -0.39 is 0 Å². The lowest BCUT2D eigenvalue weighted by molar-refractivity contribution is 0.00502. The summed E-state index contributed by atoms with van der Waals surface area (Å²) in [4.78, 5) is 11.8. The van der Waals surface area contributed by atoms with Crippen LogP contribution < -0.4 is 14.8 Å². The Morgan fingerprint density at radius 2 is 1.85 bits per heavy atom. The third-order valence-corrected chi connectivity index (χ3v) is 8.67. The fourth-order valence-corrected chi connectivity index (χ4v) is 6.19. The van der Waals surface area contributed by atoms with E-state index in [9.17, 15) is 5.26 Å². The molecular formula is C33H43N11O4. The van der Waals surface area contributed by atoms with Gasteiger partial charge in [0.05, 0.1) is 44.2 Å². The SMILES string of the molecule is CCOCCCOc1nn(C2CCC(N3CCOCC3)CC2)cc1Nc1ncc(-c2ccc(C#N)c(O[C@@H](C)Cn3cnnn3)c2)cn1. The minimum absolute atomic E-state index is 0.269. The molecule has 6 rings (SSSR count). The maximum absolute atomic E-state index is 9.66. The molecule has 48 heavy (non-hydrogen) atoms. The van der Waals surface area contributed by atoms with Crippen LogP contribution >= 0.6 is 0 Å². The predicted octanol–water partition coefficient (Wildman–Crippen LogP) is 4.03. The highest BCUT2D eigenvalue weighted by molar-refractivity contribution is 5.67. The van der Waals surface area contributed by atoms with Gasteiger partial charge < -0.3 is 24.3 Å². The van der Waals surface area contributed by atoms with Crippen LogP contribution in [0.5, 0.6) is 11.6 Å². The van der Waals surface area contributed by atoms with Crippen LogP contribution in [0.15, 0.2) is 43.1 Å². The number of nitriles is 1. The summed E-state index contributed by atoms with van der Waals surface area (Å²) in [7, 11) is 0. The number of ether oxygens (including phenoxy) is 4. The van der Waals surface area contributed by atoms with Gasteiger partial charge in [-0.3, -0.25) is 9.58 Å². The molecule has 1 aliphatic heterocycles. The molecule has 2 fully saturated rings. The third-order valence-electron chi connectivity index (χ3n) is 8.67. The first-order chi connectivity index (χ1) is 23.6. The summed E-state index contributed by atoms with van der Waals surface area (Å²) < 4.78 is 26.9. The van der Waals surface area contributed by atoms with Crippen LogP contribution in [0, 0.1) is 11.3 Å². The van der Waals surface area contributed by atoms with Crippen molar-refractivity contribution in [2.45, 2.75) is 70.7 Å². The highest BCUT2D eigenvalue weighted by atomic mass is 16.5. The standard InChI is InChI=1S/C33H43N11O4/c1-3-45-13-4-14-47-32-30(22-44(39-32)29-9-7-28(8-10-29)42-11-15-46-16-12-42)38-33-35-19-27(20-36-33)25-5-6-26(18-34)31(17-25)48-24(2)21-43-23-37-40-41-43/h5-6,17,19-20,22-24,28-29H,3-4,7-16,21H2,1-2H3,(H,35,36,38)/t24-,28?,29?/m0/s1. The monoisotopic (exact) mass is 657 g/mol. The van der Waals surface area contributed by atoms with Gasteiger partial charge in [-0.1, -0.05) is 6.07 Å². The molecule has 4 aromatic rings. The molecule has 1 N–H and O–H groups in total. The summed E-state index contributed by atoms with van der Waals surface area (Å²) in [5.74, 6) is 1.42. The smallest absolute Gasteiger partial charge is 0.256 e. The number of hydrogen-bond donors (Lipinski definition) is 1. The van der Waals surface area contributed by atoms with Gasteiger partial charge in [-0.15, -0.1) is 10.2 Å². The molecule has 3 aromatic heterocycles. The van der Waals surface area contributed by atoms with Crippen molar-refractivity contribution in [3.63, 3.8) is 0 Å². The second-order valence-electron chi connectivity index (χ2n) is 12.0. The van der Waals surface area contributed by atoms with Gasteiger partial charge in [0.15, 0.2) is 0 Å². The summed E-state index contributed by atoms with van der Waals surface area (Å²) >= 11 is 0. The van der Waals surface area contributed by atoms with Crippen molar-refractivity contribution in [3.8, 4) is 28.8 Å². The summed E-state index contributed by atoms with van der Waals surface area (Å²) in [5, 5.41) is 29.1. The van der Waals surface area contributed by atoms with Gasteiger partial charge in [-0.25, -0.2) is 14.6 Å². The first-order valence-corrected chi connectivity index (χ1v) is 16.7. The maximum Gasteiger partial charge on any atom is 0.256 e. The van der Waals surface area contributed by atoms with E-state index in [1.807, 2.05) is 36.9 Å². The Hall–Kier alpha value is -4.65. The minimum atomic E-state index is -0.269. The van der Waals surface area contributed by atoms with Crippen molar-refractivity contribution in [2.24, 2.45) is 0 Å². The second kappa shape index (κ2) is 16.4. The lowest BCUT2D eigenvalue weighted by Crippen LogP contribution is -2.45. The van der Waals surface area contributed by atoms with Crippen LogP contribution in [0.25, 0.3) is 11.1 Å². The lowest BCUT2D eigenvalue weighted by Gasteiger charge is -2.38. The van der Waals surface area contributed by atoms with Crippen molar-refractivity contribution in [1.29, 1.82) is 5.26 Å². The number of tetrazole rings is 1. The number of rotatable bonds is 15. The van der Waals surface area contributed by atoms with Gasteiger partial charge >= 0.3 is 0 Å². The number of nitrogens with one attached hydrogen (secondary N) is 1. The van der Waals surface area contributed by atoms with E-state index in [2.05, 4.69) is 41.8 Å². The normalized spacial score (nSPS) is 19.0. The van der Waals surface area contributed by atoms with Gasteiger partial charge in [0.2, 0.25) is 5.95 Å². The Morgan fingerprint density at radius 1 is 1.06 bits per heavy atom. The number of aromatic nitrogens is 8. The van der Waals surface area contributed by atoms with Gasteiger partial charge in [0.25, 0.3) is 5.88 Å². The molecule has 0 bridgehead atoms. The number of benzene rings is 1. The molecular weight excluding hydrogens is 614 g/mol. The van der Waals surface area contributed by atoms with Crippen LogP contribution in [-0.4, -0.2) is 103 Å². The molecule has 2 aliphatic rings. The molecule has 1 saturated carbocycles. The van der Waals surface area contributed by atoms with Crippen molar-refractivity contribution >= 4 is 11.6 Å². The average molecular weight is 658 g/mol. The first-order valence-electron chi connectivity index (χ1n) is 16.7. The zero-order valence-corrected chi connectivity index (χ0v) is 27.6. The quantitative estimate of drug-likeness (QED) is 0.183. The Labute approximate surface area is 280 Å². The largest absolute Gasteiger partial charge is 0.487 e. The van der Waals surface area contributed by atoms with E-state index in [1.165, 1.54) is 6.33 Å². The summed E-state index contributed by atoms with van der Waals surface area (Å²) in [6.45, 7) is 9.82. The number of anilines is 2. The van der Waals surface area contributed by atoms with Gasteiger partial charge in [0, 0.05) is 56.7 Å². The molecule has 1 aliphatic carbocycles. The predicted molar refractivity (Wildman–Crippen MR) is 176 cm³/mol. The highest BCUT2D eigenvalue weighted by Gasteiger charge is 2.29. The molecule has 15 heteroatoms. The van der Waals surface area contributed by atoms with Crippen LogP contribution in [0.4, 0.5) is 11.6 Å². The zero-order chi connectivity index (χ0) is 33.1. The molecule has 0 unspecified atom stereocenters. The average Bonchev–Trinajstić information content (AvgIpc) is 3.79. The zero-order valence-electron chi connectivity index (χ0n) is 27.6. The summed E-state index contributed by atoms with van der Waals surface area (Å²) in [6.07, 6.45) is 11.9. The number of nitrogens with zero attached hydrogens (tertiary/aromatic N) is 10. The van der Waals surface area contributed by atoms with E-state index >= 15 is 0 Å². The Balaban J connectivity index is 1.13. The van der Waals surface area contributed by atoms with E-state index in [-0.39, 0.29) is 6.10 Å². The molecule has 1 aromatic carbocycles. The lowest BCUT2D eigenvalue weighted by atomic mass is 9.90. The molecule has 0 amide bonds. The fourth-order valence-electron chi connectivity index (χ4n) is 6.19. The third kappa shape index (κ3) is 8.62. The van der Waals surface area contributed by atoms with Crippen molar-refractivity contribution < 1.29 is 18.9 Å². The van der Waals surface area contributed by atoms with Crippen LogP contribution in [0.3, 0.4) is 0 Å². The fraction of sp³-hybridized carbons (Fsp3) is 0.545. The molecule has 0 radical (unpaired) electrons. The van der Waals surface area contributed by atoms with Gasteiger partial charge in [0.1, 0.15) is 29.9 Å². The highest BCUT2D eigenvalue weighted by Crippen LogP contribution is 2.35. The topological polar surface area (TPSA) is 163 Å². The van der Waals surface area contributed by atoms with Crippen molar-refractivity contribution in [2.75, 3.05) is 51.4 Å². The van der Waals surface area contributed by atoms with Gasteiger partial charge in [-0.2, -0.15) is 5.26 Å². The maximum atomic E-state index is 9.66. The van der Waals surface area contributed by atoms with Crippen molar-refractivity contribution in [1.82, 2.24) is 44.9 Å². The van der Waals surface area contributed by atoms with Crippen molar-refractivity contribution in [3.05, 3.63) is 48.7 Å². The van der Waals surface area contributed by atoms with Gasteiger partial charge in [-0.05, 0) is 67.7 Å². The Morgan fingerprint density at radius 3 is 2.58 bits per heavy atom. The Kier molecular flexibility index (Phi) is 11.4. The molecule has 1 atom stereocenters. The molecule has 1 saturated heterocycles. The Bertz CT molecular complexity index is 1610. The first kappa shape index (κ1) is 33.3. The number of morpholine rings is 1. The van der Waals surface area contributed by atoms with E-state index in [4.69, 9.17) is 24.0 Å². The number of hydrogen-bond acceptors (Lipinski definition) is 13. The molecule has 0 spiro atoms. The van der Waals surface area contributed by atoms with Crippen LogP contribution in [0.1, 0.15) is 57.6 Å². The molecule has 4 heterocycles. The van der Waals surface area contributed by atoms with E-state index in [0.29, 0.717) is 61.6 Å². The van der Waals surface area contributed by atoms with Crippen LogP contribution in [-0.2, 0) is 16.0 Å². The van der Waals surface area contributed by atoms with Crippen LogP contribution in [0.2, 0.25) is 0 Å². The second-order valence-corrected chi connectivity index (χ2v) is 12.0.